The Labute approximate surface area is 215 Å². The summed E-state index contributed by atoms with van der Waals surface area (Å²) in [5.41, 5.74) is 4.24. The SMILES string of the molecule is CC(C)C[C@H](Nc1ccc(C(=O)NCCC(=O)O)cc1)c1ccc(-c2nc(-c3ccccc3)no2)cc1. The zero-order valence-corrected chi connectivity index (χ0v) is 20.8. The maximum atomic E-state index is 12.2. The first kappa shape index (κ1) is 25.6. The van der Waals surface area contributed by atoms with Crippen LogP contribution in [0.25, 0.3) is 22.8 Å². The second-order valence-electron chi connectivity index (χ2n) is 9.21. The number of carbonyl (C=O) groups is 2. The Morgan fingerprint density at radius 1 is 0.919 bits per heavy atom. The number of carbonyl (C=O) groups excluding carboxylic acids is 1. The number of anilines is 1. The molecule has 0 saturated heterocycles. The molecular weight excluding hydrogens is 468 g/mol. The number of carboxylic acids is 1. The maximum absolute atomic E-state index is 12.2. The summed E-state index contributed by atoms with van der Waals surface area (Å²) in [4.78, 5) is 27.4. The number of hydrogen-bond donors (Lipinski definition) is 3. The minimum absolute atomic E-state index is 0.0619. The normalized spacial score (nSPS) is 11.8. The number of nitrogens with zero attached hydrogens (tertiary/aromatic N) is 2. The number of rotatable bonds is 11. The van der Waals surface area contributed by atoms with E-state index in [1.54, 1.807) is 12.1 Å². The van der Waals surface area contributed by atoms with E-state index in [2.05, 4.69) is 46.8 Å². The lowest BCUT2D eigenvalue weighted by atomic mass is 9.95. The van der Waals surface area contributed by atoms with Gasteiger partial charge in [-0.15, -0.1) is 0 Å². The molecule has 0 fully saturated rings. The molecule has 1 heterocycles. The van der Waals surface area contributed by atoms with Crippen LogP contribution in [0.5, 0.6) is 0 Å². The standard InChI is InChI=1S/C29H30N4O4/c1-19(2)18-25(31-24-14-12-22(13-15-24)28(36)30-17-16-26(34)35)20-8-10-23(11-9-20)29-32-27(33-37-29)21-6-4-3-5-7-21/h3-15,19,25,31H,16-18H2,1-2H3,(H,30,36)(H,34,35)/t25-/m0/s1. The van der Waals surface area contributed by atoms with Crippen LogP contribution in [-0.2, 0) is 4.79 Å². The molecule has 0 saturated carbocycles. The van der Waals surface area contributed by atoms with Crippen LogP contribution in [0.15, 0.2) is 83.4 Å². The fourth-order valence-corrected chi connectivity index (χ4v) is 3.96. The van der Waals surface area contributed by atoms with Crippen LogP contribution in [0, 0.1) is 5.92 Å². The van der Waals surface area contributed by atoms with Gasteiger partial charge in [0.15, 0.2) is 0 Å². The van der Waals surface area contributed by atoms with E-state index in [1.165, 1.54) is 0 Å². The molecule has 3 N–H and O–H groups in total. The van der Waals surface area contributed by atoms with Gasteiger partial charge in [-0.1, -0.05) is 61.5 Å². The molecular formula is C29H30N4O4. The molecule has 0 bridgehead atoms. The molecule has 8 heteroatoms. The van der Waals surface area contributed by atoms with Crippen LogP contribution in [0.4, 0.5) is 5.69 Å². The third kappa shape index (κ3) is 7.04. The minimum Gasteiger partial charge on any atom is -0.481 e. The van der Waals surface area contributed by atoms with Crippen molar-refractivity contribution in [1.82, 2.24) is 15.5 Å². The average Bonchev–Trinajstić information content (AvgIpc) is 3.39. The second-order valence-corrected chi connectivity index (χ2v) is 9.21. The smallest absolute Gasteiger partial charge is 0.305 e. The van der Waals surface area contributed by atoms with Crippen molar-refractivity contribution in [2.45, 2.75) is 32.7 Å². The molecule has 0 radical (unpaired) electrons. The summed E-state index contributed by atoms with van der Waals surface area (Å²) in [6, 6.07) is 25.0. The minimum atomic E-state index is -0.946. The third-order valence-corrected chi connectivity index (χ3v) is 5.84. The number of aromatic nitrogens is 2. The molecule has 0 aliphatic carbocycles. The summed E-state index contributed by atoms with van der Waals surface area (Å²) in [6.45, 7) is 4.45. The molecule has 3 aromatic carbocycles. The Bertz CT molecular complexity index is 1320. The van der Waals surface area contributed by atoms with E-state index in [4.69, 9.17) is 9.63 Å². The van der Waals surface area contributed by atoms with Gasteiger partial charge in [-0.25, -0.2) is 0 Å². The molecule has 4 rings (SSSR count). The van der Waals surface area contributed by atoms with Crippen molar-refractivity contribution in [3.8, 4) is 22.8 Å². The molecule has 190 valence electrons. The molecule has 1 aromatic heterocycles. The summed E-state index contributed by atoms with van der Waals surface area (Å²) in [5, 5.41) is 19.0. The van der Waals surface area contributed by atoms with Crippen molar-refractivity contribution in [2.75, 3.05) is 11.9 Å². The number of hydrogen-bond acceptors (Lipinski definition) is 6. The average molecular weight is 499 g/mol. The first-order chi connectivity index (χ1) is 17.9. The second kappa shape index (κ2) is 12.0. The number of nitrogens with one attached hydrogen (secondary N) is 2. The molecule has 1 atom stereocenters. The molecule has 37 heavy (non-hydrogen) atoms. The number of carboxylic acid groups (broad SMARTS) is 1. The van der Waals surface area contributed by atoms with Gasteiger partial charge in [0, 0.05) is 28.9 Å². The summed E-state index contributed by atoms with van der Waals surface area (Å²) < 4.78 is 5.49. The lowest BCUT2D eigenvalue weighted by Crippen LogP contribution is -2.25. The largest absolute Gasteiger partial charge is 0.481 e. The summed E-state index contributed by atoms with van der Waals surface area (Å²) >= 11 is 0. The predicted molar refractivity (Wildman–Crippen MR) is 142 cm³/mol. The van der Waals surface area contributed by atoms with Crippen molar-refractivity contribution in [1.29, 1.82) is 0 Å². The van der Waals surface area contributed by atoms with Crippen LogP contribution < -0.4 is 10.6 Å². The quantitative estimate of drug-likeness (QED) is 0.239. The molecule has 8 nitrogen and oxygen atoms in total. The van der Waals surface area contributed by atoms with Gasteiger partial charge in [0.25, 0.3) is 11.8 Å². The Balaban J connectivity index is 1.44. The Morgan fingerprint density at radius 3 is 2.27 bits per heavy atom. The molecule has 0 aliphatic rings. The topological polar surface area (TPSA) is 117 Å². The molecule has 0 spiro atoms. The number of amides is 1. The summed E-state index contributed by atoms with van der Waals surface area (Å²) in [6.07, 6.45) is 0.803. The van der Waals surface area contributed by atoms with Gasteiger partial charge < -0.3 is 20.3 Å². The van der Waals surface area contributed by atoms with Gasteiger partial charge in [0.2, 0.25) is 5.82 Å². The van der Waals surface area contributed by atoms with E-state index < -0.39 is 5.97 Å². The Morgan fingerprint density at radius 2 is 1.62 bits per heavy atom. The van der Waals surface area contributed by atoms with Crippen LogP contribution in [0.3, 0.4) is 0 Å². The van der Waals surface area contributed by atoms with E-state index in [0.717, 1.165) is 28.8 Å². The zero-order valence-electron chi connectivity index (χ0n) is 20.8. The zero-order chi connectivity index (χ0) is 26.2. The lowest BCUT2D eigenvalue weighted by Gasteiger charge is -2.22. The van der Waals surface area contributed by atoms with Gasteiger partial charge in [0.1, 0.15) is 0 Å². The Hall–Kier alpha value is -4.46. The summed E-state index contributed by atoms with van der Waals surface area (Å²) in [5.74, 6) is 0.242. The monoisotopic (exact) mass is 498 g/mol. The van der Waals surface area contributed by atoms with Crippen molar-refractivity contribution >= 4 is 17.6 Å². The van der Waals surface area contributed by atoms with Crippen molar-refractivity contribution in [3.05, 3.63) is 90.0 Å². The first-order valence-electron chi connectivity index (χ1n) is 12.2. The maximum Gasteiger partial charge on any atom is 0.305 e. The van der Waals surface area contributed by atoms with Crippen LogP contribution in [-0.4, -0.2) is 33.7 Å². The molecule has 4 aromatic rings. The fraction of sp³-hybridized carbons (Fsp3) is 0.241. The van der Waals surface area contributed by atoms with Gasteiger partial charge in [0.05, 0.1) is 12.5 Å². The number of aliphatic carboxylic acids is 1. The highest BCUT2D eigenvalue weighted by Gasteiger charge is 2.16. The summed E-state index contributed by atoms with van der Waals surface area (Å²) in [7, 11) is 0. The van der Waals surface area contributed by atoms with Gasteiger partial charge in [-0.05, 0) is 54.3 Å². The van der Waals surface area contributed by atoms with Crippen LogP contribution in [0.1, 0.15) is 48.7 Å². The highest BCUT2D eigenvalue weighted by molar-refractivity contribution is 5.94. The van der Waals surface area contributed by atoms with Gasteiger partial charge in [-0.3, -0.25) is 9.59 Å². The highest BCUT2D eigenvalue weighted by atomic mass is 16.5. The highest BCUT2D eigenvalue weighted by Crippen LogP contribution is 2.29. The molecule has 0 aliphatic heterocycles. The third-order valence-electron chi connectivity index (χ3n) is 5.84. The van der Waals surface area contributed by atoms with Gasteiger partial charge in [-0.2, -0.15) is 4.98 Å². The van der Waals surface area contributed by atoms with Crippen molar-refractivity contribution in [2.24, 2.45) is 5.92 Å². The molecule has 1 amide bonds. The van der Waals surface area contributed by atoms with Crippen LogP contribution >= 0.6 is 0 Å². The van der Waals surface area contributed by atoms with Crippen molar-refractivity contribution in [3.63, 3.8) is 0 Å². The van der Waals surface area contributed by atoms with Gasteiger partial charge >= 0.3 is 5.97 Å². The lowest BCUT2D eigenvalue weighted by molar-refractivity contribution is -0.136. The van der Waals surface area contributed by atoms with E-state index in [1.807, 2.05) is 54.6 Å². The van der Waals surface area contributed by atoms with Crippen molar-refractivity contribution < 1.29 is 19.2 Å². The first-order valence-corrected chi connectivity index (χ1v) is 12.2. The van der Waals surface area contributed by atoms with E-state index >= 15 is 0 Å². The van der Waals surface area contributed by atoms with E-state index in [-0.39, 0.29) is 24.9 Å². The number of benzene rings is 3. The Kier molecular flexibility index (Phi) is 8.30. The fourth-order valence-electron chi connectivity index (χ4n) is 3.96. The van der Waals surface area contributed by atoms with E-state index in [0.29, 0.717) is 23.2 Å². The van der Waals surface area contributed by atoms with Crippen LogP contribution in [0.2, 0.25) is 0 Å². The van der Waals surface area contributed by atoms with E-state index in [9.17, 15) is 9.59 Å². The molecule has 0 unspecified atom stereocenters. The predicted octanol–water partition coefficient (Wildman–Crippen LogP) is 5.81.